The van der Waals surface area contributed by atoms with Crippen molar-refractivity contribution in [2.24, 2.45) is 10.8 Å². The predicted molar refractivity (Wildman–Crippen MR) is 108 cm³/mol. The van der Waals surface area contributed by atoms with Gasteiger partial charge >= 0.3 is 0 Å². The van der Waals surface area contributed by atoms with E-state index in [0.717, 1.165) is 5.82 Å². The van der Waals surface area contributed by atoms with Gasteiger partial charge in [-0.2, -0.15) is 0 Å². The summed E-state index contributed by atoms with van der Waals surface area (Å²) < 4.78 is 0. The summed E-state index contributed by atoms with van der Waals surface area (Å²) in [6.07, 6.45) is 6.41. The van der Waals surface area contributed by atoms with Gasteiger partial charge in [-0.05, 0) is 64.2 Å². The van der Waals surface area contributed by atoms with E-state index in [2.05, 4.69) is 82.0 Å². The van der Waals surface area contributed by atoms with Crippen LogP contribution >= 0.6 is 0 Å². The molecule has 1 heterocycles. The molecule has 2 heteroatoms. The summed E-state index contributed by atoms with van der Waals surface area (Å²) >= 11 is 0. The number of hydrogen-bond acceptors (Lipinski definition) is 1. The fraction of sp³-hybridized carbons (Fsp3) is 1.00. The van der Waals surface area contributed by atoms with Crippen molar-refractivity contribution < 1.29 is 0 Å². The van der Waals surface area contributed by atoms with Gasteiger partial charge in [-0.3, -0.25) is 4.90 Å². The standard InChI is InChI=1S/C21H44BN/c1-11-13-16(12-2)23-20(7,8)14-18(3,4)17(22)19(5,6)15-21(23,9)10/h16-17H,11-15,22H2,1-10H3. The quantitative estimate of drug-likeness (QED) is 0.601. The van der Waals surface area contributed by atoms with Crippen LogP contribution in [0.1, 0.15) is 101 Å². The van der Waals surface area contributed by atoms with Crippen LogP contribution in [-0.2, 0) is 0 Å². The second-order valence-corrected chi connectivity index (χ2v) is 10.9. The van der Waals surface area contributed by atoms with E-state index in [1.807, 2.05) is 0 Å². The van der Waals surface area contributed by atoms with Gasteiger partial charge in [0.15, 0.2) is 0 Å². The van der Waals surface area contributed by atoms with Crippen LogP contribution < -0.4 is 0 Å². The van der Waals surface area contributed by atoms with Crippen molar-refractivity contribution in [2.75, 3.05) is 0 Å². The Balaban J connectivity index is 3.41. The third-order valence-corrected chi connectivity index (χ3v) is 6.88. The van der Waals surface area contributed by atoms with Crippen molar-refractivity contribution in [1.82, 2.24) is 4.90 Å². The second-order valence-electron chi connectivity index (χ2n) is 10.9. The molecule has 0 aliphatic carbocycles. The zero-order chi connectivity index (χ0) is 18.3. The first-order valence-electron chi connectivity index (χ1n) is 10.0. The summed E-state index contributed by atoms with van der Waals surface area (Å²) in [6.45, 7) is 24.7. The van der Waals surface area contributed by atoms with Crippen molar-refractivity contribution in [3.8, 4) is 0 Å². The molecule has 0 amide bonds. The lowest BCUT2D eigenvalue weighted by atomic mass is 9.49. The first-order valence-corrected chi connectivity index (χ1v) is 10.0. The first kappa shape index (κ1) is 21.1. The maximum atomic E-state index is 2.92. The Kier molecular flexibility index (Phi) is 6.17. The van der Waals surface area contributed by atoms with Gasteiger partial charge in [0.1, 0.15) is 7.85 Å². The Labute approximate surface area is 148 Å². The molecule has 0 radical (unpaired) electrons. The summed E-state index contributed by atoms with van der Waals surface area (Å²) in [5.41, 5.74) is 1.22. The molecule has 1 nitrogen and oxygen atoms in total. The highest BCUT2D eigenvalue weighted by Gasteiger charge is 2.51. The van der Waals surface area contributed by atoms with Gasteiger partial charge in [-0.25, -0.2) is 0 Å². The lowest BCUT2D eigenvalue weighted by Crippen LogP contribution is -2.64. The van der Waals surface area contributed by atoms with Crippen molar-refractivity contribution in [3.05, 3.63) is 0 Å². The van der Waals surface area contributed by atoms with Crippen molar-refractivity contribution in [1.29, 1.82) is 0 Å². The Hall–Kier alpha value is 0.0249. The zero-order valence-electron chi connectivity index (χ0n) is 18.1. The molecule has 1 atom stereocenters. The van der Waals surface area contributed by atoms with Crippen LogP contribution in [0.3, 0.4) is 0 Å². The normalized spacial score (nSPS) is 28.8. The zero-order valence-corrected chi connectivity index (χ0v) is 18.1. The highest BCUT2D eigenvalue weighted by molar-refractivity contribution is 6.12. The van der Waals surface area contributed by atoms with Gasteiger partial charge in [0.2, 0.25) is 0 Å². The molecule has 0 N–H and O–H groups in total. The van der Waals surface area contributed by atoms with E-state index in [4.69, 9.17) is 0 Å². The van der Waals surface area contributed by atoms with Crippen LogP contribution in [0, 0.1) is 10.8 Å². The summed E-state index contributed by atoms with van der Waals surface area (Å²) in [4.78, 5) is 2.92. The number of rotatable bonds is 4. The van der Waals surface area contributed by atoms with Gasteiger partial charge in [-0.15, -0.1) is 0 Å². The summed E-state index contributed by atoms with van der Waals surface area (Å²) in [6, 6.07) is 0.699. The SMILES string of the molecule is BC1C(C)(C)CC(C)(C)N(C(CC)CCC)C(C)(C)CC1(C)C. The van der Waals surface area contributed by atoms with Crippen molar-refractivity contribution in [2.45, 2.75) is 124 Å². The molecule has 1 aliphatic rings. The van der Waals surface area contributed by atoms with E-state index in [0.29, 0.717) is 16.9 Å². The lowest BCUT2D eigenvalue weighted by Gasteiger charge is -2.61. The molecule has 23 heavy (non-hydrogen) atoms. The smallest absolute Gasteiger partial charge is 0.106 e. The minimum absolute atomic E-state index is 0.244. The van der Waals surface area contributed by atoms with Crippen LogP contribution in [0.25, 0.3) is 0 Å². The molecule has 0 aromatic carbocycles. The van der Waals surface area contributed by atoms with E-state index < -0.39 is 0 Å². The second kappa shape index (κ2) is 6.73. The minimum atomic E-state index is 0.244. The fourth-order valence-corrected chi connectivity index (χ4v) is 6.42. The third-order valence-electron chi connectivity index (χ3n) is 6.88. The van der Waals surface area contributed by atoms with Gasteiger partial charge < -0.3 is 0 Å². The maximum absolute atomic E-state index is 2.92. The predicted octanol–water partition coefficient (Wildman–Crippen LogP) is 5.69. The van der Waals surface area contributed by atoms with Crippen molar-refractivity contribution in [3.63, 3.8) is 0 Å². The molecule has 1 saturated heterocycles. The molecule has 0 aromatic heterocycles. The van der Waals surface area contributed by atoms with E-state index in [1.165, 1.54) is 32.1 Å². The Morgan fingerprint density at radius 1 is 0.870 bits per heavy atom. The highest BCUT2D eigenvalue weighted by atomic mass is 15.3. The first-order chi connectivity index (χ1) is 10.2. The number of likely N-dealkylation sites (tertiary alicyclic amines) is 1. The van der Waals surface area contributed by atoms with Gasteiger partial charge in [-0.1, -0.05) is 53.8 Å². The highest BCUT2D eigenvalue weighted by Crippen LogP contribution is 2.55. The molecule has 136 valence electrons. The van der Waals surface area contributed by atoms with E-state index >= 15 is 0 Å². The van der Waals surface area contributed by atoms with Gasteiger partial charge in [0.05, 0.1) is 0 Å². The molecule has 1 rings (SSSR count). The molecule has 0 spiro atoms. The van der Waals surface area contributed by atoms with E-state index in [9.17, 15) is 0 Å². The number of hydrogen-bond donors (Lipinski definition) is 0. The lowest BCUT2D eigenvalue weighted by molar-refractivity contribution is -0.0904. The average molecular weight is 321 g/mol. The maximum Gasteiger partial charge on any atom is 0.106 e. The molecule has 0 bridgehead atoms. The molecule has 1 unspecified atom stereocenters. The van der Waals surface area contributed by atoms with Gasteiger partial charge in [0.25, 0.3) is 0 Å². The van der Waals surface area contributed by atoms with E-state index in [-0.39, 0.29) is 11.1 Å². The Morgan fingerprint density at radius 2 is 1.26 bits per heavy atom. The van der Waals surface area contributed by atoms with Crippen LogP contribution in [0.5, 0.6) is 0 Å². The average Bonchev–Trinajstić information content (AvgIpc) is 2.32. The molecule has 0 saturated carbocycles. The summed E-state index contributed by atoms with van der Waals surface area (Å²) in [7, 11) is 2.49. The Bertz CT molecular complexity index is 365. The number of nitrogens with zero attached hydrogens (tertiary/aromatic N) is 1. The van der Waals surface area contributed by atoms with Crippen LogP contribution in [0.4, 0.5) is 0 Å². The molecule has 1 fully saturated rings. The van der Waals surface area contributed by atoms with Crippen LogP contribution in [0.2, 0.25) is 5.82 Å². The Morgan fingerprint density at radius 3 is 1.57 bits per heavy atom. The summed E-state index contributed by atoms with van der Waals surface area (Å²) in [5.74, 6) is 0.724. The topological polar surface area (TPSA) is 3.24 Å². The third kappa shape index (κ3) is 4.36. The molecular weight excluding hydrogens is 277 g/mol. The fourth-order valence-electron chi connectivity index (χ4n) is 6.42. The summed E-state index contributed by atoms with van der Waals surface area (Å²) in [5, 5.41) is 0. The molecule has 1 aliphatic heterocycles. The molecular formula is C21H44BN. The van der Waals surface area contributed by atoms with Crippen LogP contribution in [-0.4, -0.2) is 29.9 Å². The molecule has 0 aromatic rings. The van der Waals surface area contributed by atoms with Crippen molar-refractivity contribution >= 4 is 7.85 Å². The van der Waals surface area contributed by atoms with Gasteiger partial charge in [0, 0.05) is 17.1 Å². The minimum Gasteiger partial charge on any atom is -0.290 e. The van der Waals surface area contributed by atoms with E-state index in [1.54, 1.807) is 0 Å². The largest absolute Gasteiger partial charge is 0.290 e. The monoisotopic (exact) mass is 321 g/mol. The van der Waals surface area contributed by atoms with Crippen LogP contribution in [0.15, 0.2) is 0 Å².